The molecule has 0 radical (unpaired) electrons. The number of anilines is 2. The summed E-state index contributed by atoms with van der Waals surface area (Å²) < 4.78 is 0. The highest BCUT2D eigenvalue weighted by Crippen LogP contribution is 2.32. The van der Waals surface area contributed by atoms with Gasteiger partial charge in [-0.3, -0.25) is 0 Å². The molecule has 4 heteroatoms. The minimum Gasteiger partial charge on any atom is -0.370 e. The summed E-state index contributed by atoms with van der Waals surface area (Å²) in [6.45, 7) is 9.51. The summed E-state index contributed by atoms with van der Waals surface area (Å²) in [5.41, 5.74) is 1.32. The van der Waals surface area contributed by atoms with Gasteiger partial charge < -0.3 is 10.6 Å². The maximum Gasteiger partial charge on any atom is 0.135 e. The van der Waals surface area contributed by atoms with Gasteiger partial charge in [0.2, 0.25) is 0 Å². The minimum atomic E-state index is 0.186. The molecule has 1 fully saturated rings. The fourth-order valence-corrected chi connectivity index (χ4v) is 2.91. The molecule has 0 amide bonds. The van der Waals surface area contributed by atoms with E-state index < -0.39 is 0 Å². The molecule has 1 aliphatic rings. The number of nitrogens with zero attached hydrogens (tertiary/aromatic N) is 2. The third kappa shape index (κ3) is 3.62. The van der Waals surface area contributed by atoms with E-state index in [0.717, 1.165) is 36.0 Å². The van der Waals surface area contributed by atoms with Crippen LogP contribution in [0, 0.1) is 13.8 Å². The number of aryl methyl sites for hydroxylation is 1. The Hall–Kier alpha value is -1.32. The van der Waals surface area contributed by atoms with Crippen molar-refractivity contribution in [2.75, 3.05) is 17.2 Å². The molecule has 0 aliphatic heterocycles. The molecule has 0 atom stereocenters. The van der Waals surface area contributed by atoms with E-state index in [4.69, 9.17) is 0 Å². The Bertz CT molecular complexity index is 450. The van der Waals surface area contributed by atoms with E-state index in [1.165, 1.54) is 32.1 Å². The molecule has 112 valence electrons. The second-order valence-corrected chi connectivity index (χ2v) is 6.27. The fourth-order valence-electron chi connectivity index (χ4n) is 2.91. The zero-order valence-corrected chi connectivity index (χ0v) is 13.3. The van der Waals surface area contributed by atoms with Crippen LogP contribution in [0.4, 0.5) is 11.6 Å². The molecule has 1 aliphatic carbocycles. The van der Waals surface area contributed by atoms with Gasteiger partial charge >= 0.3 is 0 Å². The molecule has 2 N–H and O–H groups in total. The van der Waals surface area contributed by atoms with E-state index in [0.29, 0.717) is 0 Å². The smallest absolute Gasteiger partial charge is 0.135 e. The van der Waals surface area contributed by atoms with E-state index in [1.54, 1.807) is 0 Å². The second kappa shape index (κ2) is 6.42. The van der Waals surface area contributed by atoms with Crippen LogP contribution in [0.1, 0.15) is 63.8 Å². The molecular weight excluding hydrogens is 248 g/mol. The SMILES string of the molecule is CCCNc1nc(C)nc(NC2(C)CCCCC2)c1C. The Kier molecular flexibility index (Phi) is 4.84. The topological polar surface area (TPSA) is 49.8 Å². The van der Waals surface area contributed by atoms with Crippen LogP contribution < -0.4 is 10.6 Å². The molecule has 1 saturated carbocycles. The van der Waals surface area contributed by atoms with Crippen molar-refractivity contribution < 1.29 is 0 Å². The van der Waals surface area contributed by atoms with Crippen LogP contribution in [0.15, 0.2) is 0 Å². The quantitative estimate of drug-likeness (QED) is 0.852. The Morgan fingerprint density at radius 3 is 2.35 bits per heavy atom. The number of hydrogen-bond acceptors (Lipinski definition) is 4. The van der Waals surface area contributed by atoms with Gasteiger partial charge in [0.15, 0.2) is 0 Å². The Balaban J connectivity index is 2.20. The number of aromatic nitrogens is 2. The van der Waals surface area contributed by atoms with Crippen LogP contribution >= 0.6 is 0 Å². The van der Waals surface area contributed by atoms with Crippen molar-refractivity contribution in [2.45, 2.75) is 71.8 Å². The second-order valence-electron chi connectivity index (χ2n) is 6.27. The van der Waals surface area contributed by atoms with Gasteiger partial charge in [0.1, 0.15) is 17.5 Å². The number of hydrogen-bond donors (Lipinski definition) is 2. The van der Waals surface area contributed by atoms with Crippen molar-refractivity contribution in [3.8, 4) is 0 Å². The van der Waals surface area contributed by atoms with Crippen LogP contribution in [-0.4, -0.2) is 22.1 Å². The molecule has 0 aromatic carbocycles. The highest BCUT2D eigenvalue weighted by atomic mass is 15.1. The molecule has 1 aromatic heterocycles. The normalized spacial score (nSPS) is 17.8. The summed E-state index contributed by atoms with van der Waals surface area (Å²) in [5.74, 6) is 2.80. The van der Waals surface area contributed by atoms with E-state index in [-0.39, 0.29) is 5.54 Å². The predicted octanol–water partition coefficient (Wildman–Crippen LogP) is 4.05. The highest BCUT2D eigenvalue weighted by Gasteiger charge is 2.27. The molecule has 0 bridgehead atoms. The minimum absolute atomic E-state index is 0.186. The lowest BCUT2D eigenvalue weighted by molar-refractivity contribution is 0.348. The maximum absolute atomic E-state index is 4.62. The highest BCUT2D eigenvalue weighted by molar-refractivity contribution is 5.58. The zero-order chi connectivity index (χ0) is 14.6. The molecule has 1 aromatic rings. The van der Waals surface area contributed by atoms with Crippen molar-refractivity contribution >= 4 is 11.6 Å². The standard InChI is InChI=1S/C16H28N4/c1-5-11-17-14-12(2)15(19-13(3)18-14)20-16(4)9-7-6-8-10-16/h5-11H2,1-4H3,(H2,17,18,19,20). The van der Waals surface area contributed by atoms with E-state index in [1.807, 2.05) is 6.92 Å². The molecule has 0 saturated heterocycles. The molecule has 2 rings (SSSR count). The first-order valence-corrected chi connectivity index (χ1v) is 7.91. The van der Waals surface area contributed by atoms with E-state index in [2.05, 4.69) is 41.4 Å². The maximum atomic E-state index is 4.62. The molecular formula is C16H28N4. The van der Waals surface area contributed by atoms with Gasteiger partial charge in [0.25, 0.3) is 0 Å². The summed E-state index contributed by atoms with van der Waals surface area (Å²) in [6.07, 6.45) is 7.55. The van der Waals surface area contributed by atoms with E-state index >= 15 is 0 Å². The van der Waals surface area contributed by atoms with Gasteiger partial charge in [-0.15, -0.1) is 0 Å². The third-order valence-corrected chi connectivity index (χ3v) is 4.18. The lowest BCUT2D eigenvalue weighted by Crippen LogP contribution is -2.37. The molecule has 0 unspecified atom stereocenters. The lowest BCUT2D eigenvalue weighted by Gasteiger charge is -2.35. The van der Waals surface area contributed by atoms with Crippen LogP contribution in [0.2, 0.25) is 0 Å². The Labute approximate surface area is 122 Å². The van der Waals surface area contributed by atoms with Gasteiger partial charge in [-0.1, -0.05) is 26.2 Å². The summed E-state index contributed by atoms with van der Waals surface area (Å²) in [6, 6.07) is 0. The van der Waals surface area contributed by atoms with Crippen molar-refractivity contribution in [3.63, 3.8) is 0 Å². The summed E-state index contributed by atoms with van der Waals surface area (Å²) in [5, 5.41) is 7.09. The first kappa shape index (κ1) is 15.1. The zero-order valence-electron chi connectivity index (χ0n) is 13.3. The number of nitrogens with one attached hydrogen (secondary N) is 2. The third-order valence-electron chi connectivity index (χ3n) is 4.18. The lowest BCUT2D eigenvalue weighted by atomic mass is 9.83. The number of rotatable bonds is 5. The average Bonchev–Trinajstić information content (AvgIpc) is 2.41. The van der Waals surface area contributed by atoms with Crippen molar-refractivity contribution in [1.29, 1.82) is 0 Å². The summed E-state index contributed by atoms with van der Waals surface area (Å²) in [4.78, 5) is 9.14. The van der Waals surface area contributed by atoms with Crippen LogP contribution in [0.5, 0.6) is 0 Å². The van der Waals surface area contributed by atoms with Gasteiger partial charge in [0, 0.05) is 17.6 Å². The molecule has 4 nitrogen and oxygen atoms in total. The average molecular weight is 276 g/mol. The monoisotopic (exact) mass is 276 g/mol. The van der Waals surface area contributed by atoms with Crippen molar-refractivity contribution in [2.24, 2.45) is 0 Å². The van der Waals surface area contributed by atoms with E-state index in [9.17, 15) is 0 Å². The molecule has 1 heterocycles. The Morgan fingerprint density at radius 2 is 1.70 bits per heavy atom. The fraction of sp³-hybridized carbons (Fsp3) is 0.750. The summed E-state index contributed by atoms with van der Waals surface area (Å²) >= 11 is 0. The predicted molar refractivity (Wildman–Crippen MR) is 85.4 cm³/mol. The van der Waals surface area contributed by atoms with Crippen LogP contribution in [-0.2, 0) is 0 Å². The summed E-state index contributed by atoms with van der Waals surface area (Å²) in [7, 11) is 0. The van der Waals surface area contributed by atoms with Crippen molar-refractivity contribution in [3.05, 3.63) is 11.4 Å². The van der Waals surface area contributed by atoms with Crippen LogP contribution in [0.3, 0.4) is 0 Å². The van der Waals surface area contributed by atoms with Gasteiger partial charge in [-0.25, -0.2) is 9.97 Å². The molecule has 0 spiro atoms. The van der Waals surface area contributed by atoms with Gasteiger partial charge in [-0.05, 0) is 40.0 Å². The Morgan fingerprint density at radius 1 is 1.05 bits per heavy atom. The van der Waals surface area contributed by atoms with Gasteiger partial charge in [-0.2, -0.15) is 0 Å². The first-order chi connectivity index (χ1) is 9.54. The van der Waals surface area contributed by atoms with Gasteiger partial charge in [0.05, 0.1) is 0 Å². The van der Waals surface area contributed by atoms with Crippen LogP contribution in [0.25, 0.3) is 0 Å². The molecule has 20 heavy (non-hydrogen) atoms. The van der Waals surface area contributed by atoms with Crippen molar-refractivity contribution in [1.82, 2.24) is 9.97 Å². The largest absolute Gasteiger partial charge is 0.370 e. The first-order valence-electron chi connectivity index (χ1n) is 7.91.